The van der Waals surface area contributed by atoms with E-state index >= 15 is 0 Å². The van der Waals surface area contributed by atoms with Crippen molar-refractivity contribution in [3.63, 3.8) is 0 Å². The molecule has 0 aliphatic rings. The summed E-state index contributed by atoms with van der Waals surface area (Å²) in [6.45, 7) is 7.64. The summed E-state index contributed by atoms with van der Waals surface area (Å²) >= 11 is 0. The van der Waals surface area contributed by atoms with Gasteiger partial charge in [-0.05, 0) is 33.0 Å². The van der Waals surface area contributed by atoms with Crippen molar-refractivity contribution in [2.75, 3.05) is 20.1 Å². The summed E-state index contributed by atoms with van der Waals surface area (Å²) < 4.78 is 5.08. The molecular weight excluding hydrogens is 212 g/mol. The first-order valence-corrected chi connectivity index (χ1v) is 6.66. The van der Waals surface area contributed by atoms with Crippen molar-refractivity contribution in [3.8, 4) is 0 Å². The fourth-order valence-corrected chi connectivity index (χ4v) is 1.79. The van der Waals surface area contributed by atoms with Crippen molar-refractivity contribution in [1.29, 1.82) is 0 Å². The molecular formula is C14H26N2O. The van der Waals surface area contributed by atoms with Gasteiger partial charge in [0.1, 0.15) is 0 Å². The second-order valence-electron chi connectivity index (χ2n) is 4.81. The van der Waals surface area contributed by atoms with Gasteiger partial charge >= 0.3 is 0 Å². The summed E-state index contributed by atoms with van der Waals surface area (Å²) in [7, 11) is 2.16. The summed E-state index contributed by atoms with van der Waals surface area (Å²) in [5.74, 6) is 0. The molecule has 1 N–H and O–H groups in total. The third-order valence-corrected chi connectivity index (χ3v) is 3.16. The van der Waals surface area contributed by atoms with Crippen molar-refractivity contribution in [2.24, 2.45) is 0 Å². The molecule has 0 aliphatic carbocycles. The normalized spacial score (nSPS) is 13.2. The third kappa shape index (κ3) is 5.89. The van der Waals surface area contributed by atoms with Crippen LogP contribution in [0.3, 0.4) is 0 Å². The first-order valence-electron chi connectivity index (χ1n) is 6.66. The van der Waals surface area contributed by atoms with Gasteiger partial charge in [-0.2, -0.15) is 0 Å². The predicted octanol–water partition coefficient (Wildman–Crippen LogP) is 2.88. The highest BCUT2D eigenvalue weighted by Gasteiger charge is 2.09. The van der Waals surface area contributed by atoms with Gasteiger partial charge in [-0.1, -0.05) is 19.8 Å². The van der Waals surface area contributed by atoms with Crippen LogP contribution in [0.2, 0.25) is 0 Å². The fraction of sp³-hybridized carbons (Fsp3) is 0.714. The molecule has 0 bridgehead atoms. The Labute approximate surface area is 105 Å². The van der Waals surface area contributed by atoms with Crippen LogP contribution in [0.5, 0.6) is 0 Å². The Kier molecular flexibility index (Phi) is 6.97. The summed E-state index contributed by atoms with van der Waals surface area (Å²) in [5.41, 5.74) is 1.24. The Morgan fingerprint density at radius 2 is 2.24 bits per heavy atom. The molecule has 0 radical (unpaired) electrons. The van der Waals surface area contributed by atoms with E-state index in [0.717, 1.165) is 19.6 Å². The van der Waals surface area contributed by atoms with Crippen LogP contribution in [0.1, 0.15) is 38.7 Å². The molecule has 3 heteroatoms. The van der Waals surface area contributed by atoms with Crippen molar-refractivity contribution in [2.45, 2.75) is 45.7 Å². The lowest BCUT2D eigenvalue weighted by atomic mass is 10.2. The van der Waals surface area contributed by atoms with Gasteiger partial charge in [0.2, 0.25) is 0 Å². The van der Waals surface area contributed by atoms with Crippen LogP contribution in [0.25, 0.3) is 0 Å². The quantitative estimate of drug-likeness (QED) is 0.671. The lowest BCUT2D eigenvalue weighted by molar-refractivity contribution is 0.242. The molecule has 0 saturated heterocycles. The molecule has 1 atom stereocenters. The number of hydrogen-bond donors (Lipinski definition) is 1. The number of nitrogens with one attached hydrogen (secondary N) is 1. The van der Waals surface area contributed by atoms with Gasteiger partial charge in [0.25, 0.3) is 0 Å². The zero-order valence-corrected chi connectivity index (χ0v) is 11.4. The monoisotopic (exact) mass is 238 g/mol. The highest BCUT2D eigenvalue weighted by atomic mass is 16.3. The van der Waals surface area contributed by atoms with E-state index in [4.69, 9.17) is 4.42 Å². The maximum atomic E-state index is 5.08. The van der Waals surface area contributed by atoms with Crippen LogP contribution in [0.15, 0.2) is 23.0 Å². The van der Waals surface area contributed by atoms with Gasteiger partial charge in [-0.15, -0.1) is 0 Å². The minimum atomic E-state index is 0.548. The highest BCUT2D eigenvalue weighted by molar-refractivity contribution is 5.04. The maximum absolute atomic E-state index is 5.08. The molecule has 0 spiro atoms. The molecule has 0 aromatic carbocycles. The van der Waals surface area contributed by atoms with E-state index in [2.05, 4.69) is 31.1 Å². The van der Waals surface area contributed by atoms with Gasteiger partial charge in [0.15, 0.2) is 0 Å². The zero-order chi connectivity index (χ0) is 12.5. The number of unbranched alkanes of at least 4 members (excludes halogenated alkanes) is 2. The Morgan fingerprint density at radius 1 is 1.41 bits per heavy atom. The molecule has 1 unspecified atom stereocenters. The molecule has 1 rings (SSSR count). The topological polar surface area (TPSA) is 28.4 Å². The second-order valence-corrected chi connectivity index (χ2v) is 4.81. The maximum Gasteiger partial charge on any atom is 0.0947 e. The summed E-state index contributed by atoms with van der Waals surface area (Å²) in [6.07, 6.45) is 7.45. The number of nitrogens with zero attached hydrogens (tertiary/aromatic N) is 1. The minimum Gasteiger partial charge on any atom is -0.472 e. The van der Waals surface area contributed by atoms with Crippen molar-refractivity contribution >= 4 is 0 Å². The van der Waals surface area contributed by atoms with Crippen LogP contribution >= 0.6 is 0 Å². The van der Waals surface area contributed by atoms with E-state index in [0.29, 0.717) is 6.04 Å². The number of furan rings is 1. The Balaban J connectivity index is 2.11. The first kappa shape index (κ1) is 14.3. The standard InChI is InChI=1S/C14H26N2O/c1-4-5-6-8-15-10-13(2)16(3)11-14-7-9-17-12-14/h7,9,12-13,15H,4-6,8,10-11H2,1-3H3. The SMILES string of the molecule is CCCCCNCC(C)N(C)Cc1ccoc1. The summed E-state index contributed by atoms with van der Waals surface area (Å²) in [4.78, 5) is 2.34. The van der Waals surface area contributed by atoms with Crippen LogP contribution in [-0.4, -0.2) is 31.1 Å². The van der Waals surface area contributed by atoms with Gasteiger partial charge in [0.05, 0.1) is 12.5 Å². The molecule has 0 fully saturated rings. The van der Waals surface area contributed by atoms with E-state index in [1.54, 1.807) is 6.26 Å². The number of rotatable bonds is 9. The molecule has 17 heavy (non-hydrogen) atoms. The lowest BCUT2D eigenvalue weighted by Gasteiger charge is -2.24. The van der Waals surface area contributed by atoms with E-state index in [1.807, 2.05) is 12.3 Å². The molecule has 0 saturated carbocycles. The molecule has 1 aromatic rings. The van der Waals surface area contributed by atoms with Crippen LogP contribution in [0, 0.1) is 0 Å². The molecule has 0 aliphatic heterocycles. The van der Waals surface area contributed by atoms with Gasteiger partial charge < -0.3 is 9.73 Å². The first-order chi connectivity index (χ1) is 8.24. The van der Waals surface area contributed by atoms with Crippen LogP contribution in [0.4, 0.5) is 0 Å². The summed E-state index contributed by atoms with van der Waals surface area (Å²) in [6, 6.07) is 2.57. The molecule has 0 amide bonds. The van der Waals surface area contributed by atoms with E-state index < -0.39 is 0 Å². The van der Waals surface area contributed by atoms with Crippen molar-refractivity contribution in [3.05, 3.63) is 24.2 Å². The average molecular weight is 238 g/mol. The van der Waals surface area contributed by atoms with E-state index in [-0.39, 0.29) is 0 Å². The molecule has 3 nitrogen and oxygen atoms in total. The van der Waals surface area contributed by atoms with E-state index in [9.17, 15) is 0 Å². The van der Waals surface area contributed by atoms with Crippen molar-refractivity contribution in [1.82, 2.24) is 10.2 Å². The number of likely N-dealkylation sites (N-methyl/N-ethyl adjacent to an activating group) is 1. The molecule has 1 aromatic heterocycles. The van der Waals surface area contributed by atoms with E-state index in [1.165, 1.54) is 24.8 Å². The third-order valence-electron chi connectivity index (χ3n) is 3.16. The lowest BCUT2D eigenvalue weighted by Crippen LogP contribution is -2.37. The summed E-state index contributed by atoms with van der Waals surface area (Å²) in [5, 5.41) is 3.52. The van der Waals surface area contributed by atoms with Gasteiger partial charge in [-0.3, -0.25) is 4.90 Å². The molecule has 1 heterocycles. The average Bonchev–Trinajstić information content (AvgIpc) is 2.81. The van der Waals surface area contributed by atoms with Gasteiger partial charge in [0, 0.05) is 24.7 Å². The largest absolute Gasteiger partial charge is 0.472 e. The highest BCUT2D eigenvalue weighted by Crippen LogP contribution is 2.06. The number of hydrogen-bond acceptors (Lipinski definition) is 3. The van der Waals surface area contributed by atoms with Crippen LogP contribution < -0.4 is 5.32 Å². The fourth-order valence-electron chi connectivity index (χ4n) is 1.79. The van der Waals surface area contributed by atoms with Crippen LogP contribution in [-0.2, 0) is 6.54 Å². The predicted molar refractivity (Wildman–Crippen MR) is 72.0 cm³/mol. The Morgan fingerprint density at radius 3 is 2.88 bits per heavy atom. The minimum absolute atomic E-state index is 0.548. The zero-order valence-electron chi connectivity index (χ0n) is 11.4. The van der Waals surface area contributed by atoms with Gasteiger partial charge in [-0.25, -0.2) is 0 Å². The Bertz CT molecular complexity index is 272. The Hall–Kier alpha value is -0.800. The van der Waals surface area contributed by atoms with Crippen molar-refractivity contribution < 1.29 is 4.42 Å². The second kappa shape index (κ2) is 8.31. The smallest absolute Gasteiger partial charge is 0.0947 e. The molecule has 98 valence electrons.